The van der Waals surface area contributed by atoms with E-state index < -0.39 is 39.8 Å². The number of halogens is 7. The summed E-state index contributed by atoms with van der Waals surface area (Å²) in [5, 5.41) is -1.70. The van der Waals surface area contributed by atoms with E-state index in [0.717, 1.165) is 0 Å². The Morgan fingerprint density at radius 3 is 1.79 bits per heavy atom. The number of benzene rings is 1. The number of alkyl halides is 6. The Balaban J connectivity index is 3.88. The lowest BCUT2D eigenvalue weighted by Crippen LogP contribution is -2.22. The maximum atomic E-state index is 12.7. The van der Waals surface area contributed by atoms with Gasteiger partial charge in [-0.2, -0.15) is 26.3 Å². The monoisotopic (exact) mass is 304 g/mol. The lowest BCUT2D eigenvalue weighted by atomic mass is 9.96. The van der Waals surface area contributed by atoms with Crippen molar-refractivity contribution in [3.05, 3.63) is 34.4 Å². The Kier molecular flexibility index (Phi) is 3.94. The lowest BCUT2D eigenvalue weighted by Gasteiger charge is -2.19. The van der Waals surface area contributed by atoms with Crippen LogP contribution < -0.4 is 0 Å². The molecule has 0 saturated carbocycles. The molecule has 0 atom stereocenters. The van der Waals surface area contributed by atoms with Gasteiger partial charge in [0.05, 0.1) is 11.1 Å². The summed E-state index contributed by atoms with van der Waals surface area (Å²) < 4.78 is 76.0. The van der Waals surface area contributed by atoms with E-state index in [4.69, 9.17) is 11.6 Å². The molecular formula is C10H3ClF6O2. The molecule has 0 heterocycles. The minimum absolute atomic E-state index is 0.374. The van der Waals surface area contributed by atoms with E-state index in [9.17, 15) is 35.9 Å². The maximum absolute atomic E-state index is 12.7. The Labute approximate surface area is 107 Å². The molecule has 1 rings (SSSR count). The molecule has 0 aliphatic carbocycles. The van der Waals surface area contributed by atoms with Crippen LogP contribution in [0.4, 0.5) is 26.3 Å². The minimum atomic E-state index is -5.48. The van der Waals surface area contributed by atoms with Gasteiger partial charge in [0.25, 0.3) is 5.24 Å². The molecule has 0 N–H and O–H groups in total. The van der Waals surface area contributed by atoms with Crippen molar-refractivity contribution >= 4 is 23.1 Å². The van der Waals surface area contributed by atoms with Gasteiger partial charge in [-0.3, -0.25) is 9.59 Å². The molecular weight excluding hydrogens is 302 g/mol. The topological polar surface area (TPSA) is 34.1 Å². The lowest BCUT2D eigenvalue weighted by molar-refractivity contribution is -0.162. The average Bonchev–Trinajstić information content (AvgIpc) is 2.24. The third-order valence-corrected chi connectivity index (χ3v) is 2.35. The summed E-state index contributed by atoms with van der Waals surface area (Å²) in [6.45, 7) is 0. The van der Waals surface area contributed by atoms with E-state index in [1.807, 2.05) is 0 Å². The van der Waals surface area contributed by atoms with E-state index in [1.165, 1.54) is 0 Å². The Hall–Kier alpha value is -1.57. The van der Waals surface area contributed by atoms with Crippen LogP contribution in [0.15, 0.2) is 12.1 Å². The van der Waals surface area contributed by atoms with E-state index in [1.54, 1.807) is 0 Å². The van der Waals surface area contributed by atoms with E-state index in [2.05, 4.69) is 0 Å². The molecule has 0 aromatic heterocycles. The highest BCUT2D eigenvalue weighted by molar-refractivity contribution is 6.68. The van der Waals surface area contributed by atoms with Crippen LogP contribution in [-0.2, 0) is 12.4 Å². The highest BCUT2D eigenvalue weighted by atomic mass is 35.5. The van der Waals surface area contributed by atoms with E-state index in [-0.39, 0.29) is 6.29 Å². The van der Waals surface area contributed by atoms with Crippen molar-refractivity contribution in [1.82, 2.24) is 0 Å². The summed E-state index contributed by atoms with van der Waals surface area (Å²) in [6, 6.07) is 0.887. The number of carbonyl (C=O) groups excluding carboxylic acids is 2. The zero-order valence-corrected chi connectivity index (χ0v) is 9.45. The molecule has 0 spiro atoms. The predicted molar refractivity (Wildman–Crippen MR) is 52.0 cm³/mol. The Morgan fingerprint density at radius 2 is 1.47 bits per heavy atom. The van der Waals surface area contributed by atoms with Crippen molar-refractivity contribution in [2.75, 3.05) is 0 Å². The highest BCUT2D eigenvalue weighted by Crippen LogP contribution is 2.43. The van der Waals surface area contributed by atoms with Crippen LogP contribution in [0, 0.1) is 0 Å². The average molecular weight is 305 g/mol. The second-order valence-corrected chi connectivity index (χ2v) is 3.68. The molecule has 0 bridgehead atoms. The molecule has 1 aromatic rings. The zero-order chi connectivity index (χ0) is 15.0. The normalized spacial score (nSPS) is 12.4. The predicted octanol–water partition coefficient (Wildman–Crippen LogP) is 3.92. The molecule has 9 heteroatoms. The first kappa shape index (κ1) is 15.5. The number of aldehydes is 1. The largest absolute Gasteiger partial charge is 0.417 e. The molecule has 0 radical (unpaired) electrons. The molecule has 104 valence electrons. The molecule has 1 aromatic carbocycles. The second kappa shape index (κ2) is 4.84. The van der Waals surface area contributed by atoms with Crippen molar-refractivity contribution in [1.29, 1.82) is 0 Å². The first-order chi connectivity index (χ1) is 8.50. The van der Waals surface area contributed by atoms with Crippen LogP contribution in [0.25, 0.3) is 0 Å². The minimum Gasteiger partial charge on any atom is -0.298 e. The Morgan fingerprint density at radius 1 is 1.00 bits per heavy atom. The maximum Gasteiger partial charge on any atom is 0.417 e. The van der Waals surface area contributed by atoms with Gasteiger partial charge in [-0.05, 0) is 17.7 Å². The smallest absolute Gasteiger partial charge is 0.298 e. The first-order valence-electron chi connectivity index (χ1n) is 4.46. The second-order valence-electron chi connectivity index (χ2n) is 3.34. The number of hydrogen-bond acceptors (Lipinski definition) is 2. The van der Waals surface area contributed by atoms with Crippen molar-refractivity contribution < 1.29 is 35.9 Å². The third-order valence-electron chi connectivity index (χ3n) is 2.14. The van der Waals surface area contributed by atoms with Gasteiger partial charge in [-0.1, -0.05) is 6.07 Å². The molecule has 0 unspecified atom stereocenters. The van der Waals surface area contributed by atoms with Gasteiger partial charge >= 0.3 is 12.4 Å². The van der Waals surface area contributed by atoms with Crippen molar-refractivity contribution in [3.8, 4) is 0 Å². The van der Waals surface area contributed by atoms with Gasteiger partial charge in [-0.15, -0.1) is 0 Å². The first-order valence-corrected chi connectivity index (χ1v) is 4.84. The van der Waals surface area contributed by atoms with Crippen molar-refractivity contribution in [3.63, 3.8) is 0 Å². The summed E-state index contributed by atoms with van der Waals surface area (Å²) in [5.41, 5.74) is -7.06. The van der Waals surface area contributed by atoms with Gasteiger partial charge < -0.3 is 0 Å². The van der Waals surface area contributed by atoms with Crippen LogP contribution in [0.5, 0.6) is 0 Å². The van der Waals surface area contributed by atoms with Crippen LogP contribution in [-0.4, -0.2) is 11.5 Å². The van der Waals surface area contributed by atoms with Gasteiger partial charge in [0, 0.05) is 11.1 Å². The van der Waals surface area contributed by atoms with Crippen LogP contribution in [0.3, 0.4) is 0 Å². The quantitative estimate of drug-likeness (QED) is 0.471. The van der Waals surface area contributed by atoms with Gasteiger partial charge in [0.2, 0.25) is 0 Å². The zero-order valence-electron chi connectivity index (χ0n) is 8.69. The summed E-state index contributed by atoms with van der Waals surface area (Å²) in [5.74, 6) is 0. The summed E-state index contributed by atoms with van der Waals surface area (Å²) >= 11 is 4.84. The SMILES string of the molecule is O=Cc1ccc(C(=O)Cl)c(C(F)(F)F)c1C(F)(F)F. The van der Waals surface area contributed by atoms with Crippen molar-refractivity contribution in [2.24, 2.45) is 0 Å². The highest BCUT2D eigenvalue weighted by Gasteiger charge is 2.47. The fourth-order valence-electron chi connectivity index (χ4n) is 1.48. The van der Waals surface area contributed by atoms with E-state index >= 15 is 0 Å². The van der Waals surface area contributed by atoms with Crippen LogP contribution >= 0.6 is 11.6 Å². The van der Waals surface area contributed by atoms with Gasteiger partial charge in [0.15, 0.2) is 6.29 Å². The van der Waals surface area contributed by atoms with Gasteiger partial charge in [-0.25, -0.2) is 0 Å². The number of carbonyl (C=O) groups is 2. The molecule has 0 aliphatic rings. The van der Waals surface area contributed by atoms with Crippen LogP contribution in [0.2, 0.25) is 0 Å². The fourth-order valence-corrected chi connectivity index (χ4v) is 1.64. The summed E-state index contributed by atoms with van der Waals surface area (Å²) in [4.78, 5) is 21.3. The van der Waals surface area contributed by atoms with E-state index in [0.29, 0.717) is 12.1 Å². The van der Waals surface area contributed by atoms with Crippen LogP contribution in [0.1, 0.15) is 31.8 Å². The number of hydrogen-bond donors (Lipinski definition) is 0. The summed E-state index contributed by atoms with van der Waals surface area (Å²) in [7, 11) is 0. The molecule has 19 heavy (non-hydrogen) atoms. The fraction of sp³-hybridized carbons (Fsp3) is 0.200. The third kappa shape index (κ3) is 3.06. The summed E-state index contributed by atoms with van der Waals surface area (Å²) in [6.07, 6.45) is -11.3. The van der Waals surface area contributed by atoms with Gasteiger partial charge in [0.1, 0.15) is 0 Å². The molecule has 0 aliphatic heterocycles. The van der Waals surface area contributed by atoms with Crippen molar-refractivity contribution in [2.45, 2.75) is 12.4 Å². The molecule has 2 nitrogen and oxygen atoms in total. The molecule has 0 saturated heterocycles. The molecule has 0 amide bonds. The molecule has 0 fully saturated rings. The standard InChI is InChI=1S/C10H3ClF6O2/c11-8(19)5-2-1-4(3-18)6(9(12,13)14)7(5)10(15,16)17/h1-3H. The number of rotatable bonds is 2. The Bertz CT molecular complexity index is 532.